The van der Waals surface area contributed by atoms with Gasteiger partial charge < -0.3 is 23.8 Å². The van der Waals surface area contributed by atoms with E-state index < -0.39 is 12.6 Å². The number of carbonyl (C=O) groups is 1. The topological polar surface area (TPSA) is 71.7 Å². The highest BCUT2D eigenvalue weighted by molar-refractivity contribution is 5.86. The van der Waals surface area contributed by atoms with Crippen LogP contribution in [0.1, 0.15) is 29.0 Å². The highest BCUT2D eigenvalue weighted by atomic mass is 16.5. The van der Waals surface area contributed by atoms with Crippen molar-refractivity contribution in [2.45, 2.75) is 18.8 Å². The quantitative estimate of drug-likeness (QED) is 0.332. The third-order valence-corrected chi connectivity index (χ3v) is 5.46. The second-order valence-corrected chi connectivity index (χ2v) is 7.58. The lowest BCUT2D eigenvalue weighted by atomic mass is 9.89. The van der Waals surface area contributed by atoms with E-state index in [0.29, 0.717) is 31.0 Å². The van der Waals surface area contributed by atoms with Crippen molar-refractivity contribution < 1.29 is 23.8 Å². The molecule has 0 spiro atoms. The van der Waals surface area contributed by atoms with Crippen LogP contribution in [-0.2, 0) is 16.0 Å². The molecule has 0 bridgehead atoms. The van der Waals surface area contributed by atoms with Crippen molar-refractivity contribution in [3.05, 3.63) is 102 Å². The number of para-hydroxylation sites is 1. The number of benzene rings is 3. The molecule has 0 N–H and O–H groups in total. The Labute approximate surface area is 187 Å². The largest absolute Gasteiger partial charge is 0.546 e. The van der Waals surface area contributed by atoms with Gasteiger partial charge >= 0.3 is 0 Å². The van der Waals surface area contributed by atoms with E-state index in [0.717, 1.165) is 17.4 Å². The van der Waals surface area contributed by atoms with Crippen molar-refractivity contribution in [3.63, 3.8) is 0 Å². The number of rotatable bonds is 11. The fourth-order valence-electron chi connectivity index (χ4n) is 3.91. The summed E-state index contributed by atoms with van der Waals surface area (Å²) in [5.74, 6) is -0.588. The van der Waals surface area contributed by atoms with E-state index in [2.05, 4.69) is 48.5 Å². The second kappa shape index (κ2) is 10.6. The molecule has 5 nitrogen and oxygen atoms in total. The molecule has 0 radical (unpaired) electrons. The van der Waals surface area contributed by atoms with Gasteiger partial charge in [-0.1, -0.05) is 72.8 Å². The Morgan fingerprint density at radius 2 is 1.56 bits per heavy atom. The standard InChI is InChI=1S/C27H26O5/c28-26(29)19-31-25-13-7-12-24-22(18-32-27(24)25)14-16-30-17-15-23(20-8-3-1-4-9-20)21-10-5-2-6-11-21/h1-13,18,23H,14-17,19H2,(H,28,29)/p-1. The van der Waals surface area contributed by atoms with Crippen molar-refractivity contribution >= 4 is 16.9 Å². The zero-order valence-corrected chi connectivity index (χ0v) is 17.7. The summed E-state index contributed by atoms with van der Waals surface area (Å²) in [6.45, 7) is 0.696. The van der Waals surface area contributed by atoms with E-state index in [4.69, 9.17) is 13.9 Å². The zero-order valence-electron chi connectivity index (χ0n) is 17.7. The summed E-state index contributed by atoms with van der Waals surface area (Å²) in [5.41, 5.74) is 4.11. The number of carboxylic acids is 1. The second-order valence-electron chi connectivity index (χ2n) is 7.58. The molecule has 0 aliphatic carbocycles. The highest BCUT2D eigenvalue weighted by Gasteiger charge is 2.14. The lowest BCUT2D eigenvalue weighted by Gasteiger charge is -2.18. The van der Waals surface area contributed by atoms with Crippen LogP contribution in [0, 0.1) is 0 Å². The maximum absolute atomic E-state index is 10.7. The summed E-state index contributed by atoms with van der Waals surface area (Å²) in [5, 5.41) is 11.6. The minimum atomic E-state index is -1.27. The number of furan rings is 1. The fourth-order valence-corrected chi connectivity index (χ4v) is 3.91. The van der Waals surface area contributed by atoms with Gasteiger partial charge in [-0.25, -0.2) is 0 Å². The Kier molecular flexibility index (Phi) is 7.20. The Bertz CT molecular complexity index is 1100. The van der Waals surface area contributed by atoms with Gasteiger partial charge in [-0.15, -0.1) is 0 Å². The van der Waals surface area contributed by atoms with Gasteiger partial charge in [0.25, 0.3) is 0 Å². The number of hydrogen-bond donors (Lipinski definition) is 0. The van der Waals surface area contributed by atoms with Gasteiger partial charge in [0, 0.05) is 23.5 Å². The minimum Gasteiger partial charge on any atom is -0.546 e. The summed E-state index contributed by atoms with van der Waals surface area (Å²) in [4.78, 5) is 10.7. The van der Waals surface area contributed by atoms with Crippen molar-refractivity contribution in [2.24, 2.45) is 0 Å². The van der Waals surface area contributed by atoms with Crippen LogP contribution in [-0.4, -0.2) is 25.8 Å². The fraction of sp³-hybridized carbons (Fsp3) is 0.222. The molecule has 0 aliphatic rings. The molecule has 1 heterocycles. The zero-order chi connectivity index (χ0) is 22.2. The van der Waals surface area contributed by atoms with E-state index in [9.17, 15) is 9.90 Å². The van der Waals surface area contributed by atoms with Gasteiger partial charge in [0.15, 0.2) is 11.3 Å². The van der Waals surface area contributed by atoms with Gasteiger partial charge in [0.1, 0.15) is 6.61 Å². The molecular weight excluding hydrogens is 404 g/mol. The molecule has 0 aliphatic heterocycles. The molecule has 164 valence electrons. The molecule has 0 amide bonds. The third-order valence-electron chi connectivity index (χ3n) is 5.46. The van der Waals surface area contributed by atoms with E-state index in [1.165, 1.54) is 11.1 Å². The number of hydrogen-bond acceptors (Lipinski definition) is 5. The summed E-state index contributed by atoms with van der Waals surface area (Å²) in [6, 6.07) is 26.4. The van der Waals surface area contributed by atoms with Gasteiger partial charge in [-0.2, -0.15) is 0 Å². The first-order valence-corrected chi connectivity index (χ1v) is 10.7. The van der Waals surface area contributed by atoms with Gasteiger partial charge in [-0.3, -0.25) is 0 Å². The molecule has 1 aromatic heterocycles. The molecule has 0 unspecified atom stereocenters. The Balaban J connectivity index is 1.34. The van der Waals surface area contributed by atoms with Crippen molar-refractivity contribution in [3.8, 4) is 5.75 Å². The first kappa shape index (κ1) is 21.7. The molecule has 4 aromatic rings. The average Bonchev–Trinajstić information content (AvgIpc) is 3.25. The summed E-state index contributed by atoms with van der Waals surface area (Å²) < 4.78 is 16.9. The van der Waals surface area contributed by atoms with Gasteiger partial charge in [-0.05, 0) is 30.0 Å². The third kappa shape index (κ3) is 5.37. The van der Waals surface area contributed by atoms with Gasteiger partial charge in [0.2, 0.25) is 0 Å². The molecule has 0 saturated heterocycles. The molecule has 3 aromatic carbocycles. The lowest BCUT2D eigenvalue weighted by Crippen LogP contribution is -2.28. The van der Waals surface area contributed by atoms with Crippen LogP contribution in [0.3, 0.4) is 0 Å². The van der Waals surface area contributed by atoms with E-state index in [1.54, 1.807) is 12.3 Å². The van der Waals surface area contributed by atoms with E-state index in [-0.39, 0.29) is 5.92 Å². The first-order valence-electron chi connectivity index (χ1n) is 10.7. The SMILES string of the molecule is O=C([O-])COc1cccc2c(CCOCCC(c3ccccc3)c3ccccc3)coc12. The number of aliphatic carboxylic acids is 1. The minimum absolute atomic E-state index is 0.288. The Morgan fingerprint density at radius 3 is 2.22 bits per heavy atom. The van der Waals surface area contributed by atoms with Crippen molar-refractivity contribution in [2.75, 3.05) is 19.8 Å². The number of carbonyl (C=O) groups excluding carboxylic acids is 1. The molecular formula is C27H25O5-. The number of fused-ring (bicyclic) bond motifs is 1. The molecule has 4 rings (SSSR count). The highest BCUT2D eigenvalue weighted by Crippen LogP contribution is 2.30. The predicted octanol–water partition coefficient (Wildman–Crippen LogP) is 4.34. The van der Waals surface area contributed by atoms with Crippen LogP contribution in [0.25, 0.3) is 11.0 Å². The molecule has 5 heteroatoms. The average molecular weight is 429 g/mol. The molecule has 0 atom stereocenters. The van der Waals surface area contributed by atoms with E-state index in [1.807, 2.05) is 24.3 Å². The Hall–Kier alpha value is -3.57. The van der Waals surface area contributed by atoms with Crippen LogP contribution in [0.2, 0.25) is 0 Å². The summed E-state index contributed by atoms with van der Waals surface area (Å²) in [7, 11) is 0. The Morgan fingerprint density at radius 1 is 0.875 bits per heavy atom. The number of ether oxygens (including phenoxy) is 2. The maximum atomic E-state index is 10.7. The normalized spacial score (nSPS) is 11.2. The maximum Gasteiger partial charge on any atom is 0.175 e. The van der Waals surface area contributed by atoms with Crippen LogP contribution in [0.5, 0.6) is 5.75 Å². The smallest absolute Gasteiger partial charge is 0.175 e. The van der Waals surface area contributed by atoms with Crippen LogP contribution >= 0.6 is 0 Å². The van der Waals surface area contributed by atoms with Gasteiger partial charge in [0.05, 0.1) is 18.8 Å². The molecule has 0 fully saturated rings. The molecule has 0 saturated carbocycles. The monoisotopic (exact) mass is 429 g/mol. The van der Waals surface area contributed by atoms with Crippen molar-refractivity contribution in [1.82, 2.24) is 0 Å². The van der Waals surface area contributed by atoms with E-state index >= 15 is 0 Å². The van der Waals surface area contributed by atoms with Crippen molar-refractivity contribution in [1.29, 1.82) is 0 Å². The predicted molar refractivity (Wildman–Crippen MR) is 121 cm³/mol. The summed E-state index contributed by atoms with van der Waals surface area (Å²) in [6.07, 6.45) is 3.26. The molecule has 32 heavy (non-hydrogen) atoms. The lowest BCUT2D eigenvalue weighted by molar-refractivity contribution is -0.307. The van der Waals surface area contributed by atoms with Crippen LogP contribution < -0.4 is 9.84 Å². The van der Waals surface area contributed by atoms with Crippen LogP contribution in [0.4, 0.5) is 0 Å². The number of carboxylic acid groups (broad SMARTS) is 1. The van der Waals surface area contributed by atoms with Crippen LogP contribution in [0.15, 0.2) is 89.5 Å². The first-order chi connectivity index (χ1) is 15.7. The summed E-state index contributed by atoms with van der Waals surface area (Å²) >= 11 is 0.